The first-order valence-corrected chi connectivity index (χ1v) is 6.99. The minimum atomic E-state index is -4.47. The van der Waals surface area contributed by atoms with Gasteiger partial charge < -0.3 is 15.0 Å². The van der Waals surface area contributed by atoms with Crippen LogP contribution in [-0.4, -0.2) is 30.1 Å². The Bertz CT molecular complexity index is 720. The lowest BCUT2D eigenvalue weighted by molar-refractivity contribution is -0.138. The standard InChI is InChI=1S/C16H16F3N3O2/c1-22(10-11-6-3-4-7-12(11)16(17,18)19)15(23)21-13-8-5-9-20-14(13)24-2/h3-9H,10H2,1-2H3,(H,21,23). The average molecular weight is 339 g/mol. The molecule has 0 radical (unpaired) electrons. The molecule has 2 rings (SSSR count). The fourth-order valence-electron chi connectivity index (χ4n) is 2.12. The van der Waals surface area contributed by atoms with Crippen molar-refractivity contribution in [1.82, 2.24) is 9.88 Å². The van der Waals surface area contributed by atoms with Crippen LogP contribution in [0.3, 0.4) is 0 Å². The number of nitrogens with zero attached hydrogens (tertiary/aromatic N) is 2. The van der Waals surface area contributed by atoms with Gasteiger partial charge in [0.1, 0.15) is 5.69 Å². The molecule has 1 heterocycles. The first kappa shape index (κ1) is 17.6. The van der Waals surface area contributed by atoms with Crippen LogP contribution in [0.2, 0.25) is 0 Å². The highest BCUT2D eigenvalue weighted by Gasteiger charge is 2.33. The second kappa shape index (κ2) is 7.20. The van der Waals surface area contributed by atoms with Crippen LogP contribution < -0.4 is 10.1 Å². The fourth-order valence-corrected chi connectivity index (χ4v) is 2.12. The molecule has 0 fully saturated rings. The predicted octanol–water partition coefficient (Wildman–Crippen LogP) is 3.77. The van der Waals surface area contributed by atoms with Crippen molar-refractivity contribution in [3.63, 3.8) is 0 Å². The smallest absolute Gasteiger partial charge is 0.416 e. The summed E-state index contributed by atoms with van der Waals surface area (Å²) in [5.41, 5.74) is -0.412. The lowest BCUT2D eigenvalue weighted by atomic mass is 10.1. The maximum atomic E-state index is 13.0. The zero-order valence-electron chi connectivity index (χ0n) is 13.1. The first-order valence-electron chi connectivity index (χ1n) is 6.99. The number of anilines is 1. The number of alkyl halides is 3. The molecular formula is C16H16F3N3O2. The minimum absolute atomic E-state index is 0.0146. The van der Waals surface area contributed by atoms with Crippen molar-refractivity contribution in [2.24, 2.45) is 0 Å². The molecule has 0 saturated heterocycles. The molecule has 0 bridgehead atoms. The molecule has 2 amide bonds. The van der Waals surface area contributed by atoms with Gasteiger partial charge in [-0.15, -0.1) is 0 Å². The Kier molecular flexibility index (Phi) is 5.28. The number of pyridine rings is 1. The van der Waals surface area contributed by atoms with Crippen molar-refractivity contribution in [2.45, 2.75) is 12.7 Å². The number of benzene rings is 1. The van der Waals surface area contributed by atoms with Crippen molar-refractivity contribution in [2.75, 3.05) is 19.5 Å². The van der Waals surface area contributed by atoms with E-state index in [4.69, 9.17) is 4.74 Å². The van der Waals surface area contributed by atoms with Gasteiger partial charge in [-0.05, 0) is 23.8 Å². The Morgan fingerprint density at radius 1 is 1.25 bits per heavy atom. The van der Waals surface area contributed by atoms with Gasteiger partial charge in [-0.25, -0.2) is 9.78 Å². The van der Waals surface area contributed by atoms with Gasteiger partial charge >= 0.3 is 12.2 Å². The maximum absolute atomic E-state index is 13.0. The molecular weight excluding hydrogens is 323 g/mol. The number of amides is 2. The van der Waals surface area contributed by atoms with Gasteiger partial charge in [0.15, 0.2) is 0 Å². The Morgan fingerprint density at radius 2 is 1.96 bits per heavy atom. The molecule has 0 atom stereocenters. The fraction of sp³-hybridized carbons (Fsp3) is 0.250. The van der Waals surface area contributed by atoms with Gasteiger partial charge in [-0.3, -0.25) is 0 Å². The van der Waals surface area contributed by atoms with Crippen LogP contribution >= 0.6 is 0 Å². The lowest BCUT2D eigenvalue weighted by Gasteiger charge is -2.21. The summed E-state index contributed by atoms with van der Waals surface area (Å²) in [6.45, 7) is -0.190. The largest absolute Gasteiger partial charge is 0.480 e. The molecule has 8 heteroatoms. The van der Waals surface area contributed by atoms with E-state index in [1.165, 1.54) is 38.6 Å². The third-order valence-corrected chi connectivity index (χ3v) is 3.28. The van der Waals surface area contributed by atoms with Crippen molar-refractivity contribution < 1.29 is 22.7 Å². The molecule has 0 saturated carbocycles. The number of nitrogens with one attached hydrogen (secondary N) is 1. The molecule has 1 aromatic carbocycles. The van der Waals surface area contributed by atoms with E-state index in [0.717, 1.165) is 11.0 Å². The van der Waals surface area contributed by atoms with Crippen LogP contribution in [0, 0.1) is 0 Å². The number of rotatable bonds is 4. The topological polar surface area (TPSA) is 54.5 Å². The number of ether oxygens (including phenoxy) is 1. The summed E-state index contributed by atoms with van der Waals surface area (Å²) in [5, 5.41) is 2.56. The van der Waals surface area contributed by atoms with Gasteiger partial charge in [0, 0.05) is 19.8 Å². The number of carbonyl (C=O) groups is 1. The normalized spacial score (nSPS) is 11.0. The highest BCUT2D eigenvalue weighted by molar-refractivity contribution is 5.90. The van der Waals surface area contributed by atoms with Crippen LogP contribution in [0.4, 0.5) is 23.7 Å². The highest BCUT2D eigenvalue weighted by Crippen LogP contribution is 2.32. The quantitative estimate of drug-likeness (QED) is 0.922. The van der Waals surface area contributed by atoms with Gasteiger partial charge in [0.05, 0.1) is 12.7 Å². The zero-order valence-corrected chi connectivity index (χ0v) is 13.1. The predicted molar refractivity (Wildman–Crippen MR) is 82.7 cm³/mol. The van der Waals surface area contributed by atoms with Crippen molar-refractivity contribution in [1.29, 1.82) is 0 Å². The van der Waals surface area contributed by atoms with E-state index in [-0.39, 0.29) is 18.0 Å². The third kappa shape index (κ3) is 4.15. The summed E-state index contributed by atoms with van der Waals surface area (Å²) in [6, 6.07) is 7.77. The second-order valence-electron chi connectivity index (χ2n) is 5.00. The molecule has 128 valence electrons. The Hall–Kier alpha value is -2.77. The number of methoxy groups -OCH3 is 1. The van der Waals surface area contributed by atoms with Crippen molar-refractivity contribution >= 4 is 11.7 Å². The van der Waals surface area contributed by atoms with Crippen LogP contribution in [0.5, 0.6) is 5.88 Å². The first-order chi connectivity index (χ1) is 11.3. The molecule has 0 spiro atoms. The van der Waals surface area contributed by atoms with E-state index >= 15 is 0 Å². The summed E-state index contributed by atoms with van der Waals surface area (Å²) in [7, 11) is 2.81. The SMILES string of the molecule is COc1ncccc1NC(=O)N(C)Cc1ccccc1C(F)(F)F. The van der Waals surface area contributed by atoms with Crippen molar-refractivity contribution in [3.8, 4) is 5.88 Å². The monoisotopic (exact) mass is 339 g/mol. The van der Waals surface area contributed by atoms with Gasteiger partial charge in [0.2, 0.25) is 5.88 Å². The van der Waals surface area contributed by atoms with Crippen LogP contribution in [-0.2, 0) is 12.7 Å². The molecule has 0 aliphatic heterocycles. The zero-order chi connectivity index (χ0) is 17.7. The van der Waals surface area contributed by atoms with Gasteiger partial charge in [-0.2, -0.15) is 13.2 Å². The van der Waals surface area contributed by atoms with Crippen LogP contribution in [0.15, 0.2) is 42.6 Å². The number of halogens is 3. The number of hydrogen-bond acceptors (Lipinski definition) is 3. The number of aromatic nitrogens is 1. The van der Waals surface area contributed by atoms with Crippen LogP contribution in [0.25, 0.3) is 0 Å². The summed E-state index contributed by atoms with van der Waals surface area (Å²) < 4.78 is 44.0. The van der Waals surface area contributed by atoms with E-state index in [1.807, 2.05) is 0 Å². The third-order valence-electron chi connectivity index (χ3n) is 3.28. The molecule has 0 unspecified atom stereocenters. The summed E-state index contributed by atoms with van der Waals surface area (Å²) >= 11 is 0. The minimum Gasteiger partial charge on any atom is -0.480 e. The Balaban J connectivity index is 2.13. The molecule has 1 N–H and O–H groups in total. The number of urea groups is 1. The molecule has 1 aromatic heterocycles. The maximum Gasteiger partial charge on any atom is 0.416 e. The summed E-state index contributed by atoms with van der Waals surface area (Å²) in [6.07, 6.45) is -2.97. The van der Waals surface area contributed by atoms with Gasteiger partial charge in [0.25, 0.3) is 0 Å². The lowest BCUT2D eigenvalue weighted by Crippen LogP contribution is -2.31. The van der Waals surface area contributed by atoms with E-state index in [1.54, 1.807) is 12.1 Å². The Morgan fingerprint density at radius 3 is 2.62 bits per heavy atom. The molecule has 0 aliphatic carbocycles. The highest BCUT2D eigenvalue weighted by atomic mass is 19.4. The molecule has 0 aliphatic rings. The molecule has 5 nitrogen and oxygen atoms in total. The molecule has 24 heavy (non-hydrogen) atoms. The Labute approximate surface area is 137 Å². The summed E-state index contributed by atoms with van der Waals surface area (Å²) in [5.74, 6) is 0.218. The van der Waals surface area contributed by atoms with E-state index in [0.29, 0.717) is 5.69 Å². The van der Waals surface area contributed by atoms with E-state index in [2.05, 4.69) is 10.3 Å². The molecule has 2 aromatic rings. The van der Waals surface area contributed by atoms with Crippen molar-refractivity contribution in [3.05, 3.63) is 53.7 Å². The van der Waals surface area contributed by atoms with E-state index in [9.17, 15) is 18.0 Å². The second-order valence-corrected chi connectivity index (χ2v) is 5.00. The van der Waals surface area contributed by atoms with Crippen LogP contribution in [0.1, 0.15) is 11.1 Å². The number of hydrogen-bond donors (Lipinski definition) is 1. The summed E-state index contributed by atoms with van der Waals surface area (Å²) in [4.78, 5) is 17.3. The van der Waals surface area contributed by atoms with E-state index < -0.39 is 17.8 Å². The number of carbonyl (C=O) groups excluding carboxylic acids is 1. The van der Waals surface area contributed by atoms with Gasteiger partial charge in [-0.1, -0.05) is 18.2 Å². The average Bonchev–Trinajstić information content (AvgIpc) is 2.54.